The molecule has 0 aromatic heterocycles. The van der Waals surface area contributed by atoms with Gasteiger partial charge >= 0.3 is 5.97 Å². The molecule has 1 saturated heterocycles. The Labute approximate surface area is 123 Å². The maximum Gasteiger partial charge on any atom is 0.310 e. The van der Waals surface area contributed by atoms with E-state index in [1.807, 2.05) is 30.5 Å². The Hall–Kier alpha value is -1.49. The third kappa shape index (κ3) is 4.00. The van der Waals surface area contributed by atoms with Gasteiger partial charge in [0.25, 0.3) is 0 Å². The number of esters is 1. The van der Waals surface area contributed by atoms with E-state index in [0.29, 0.717) is 13.0 Å². The molecule has 20 heavy (non-hydrogen) atoms. The van der Waals surface area contributed by atoms with Crippen LogP contribution in [0.3, 0.4) is 0 Å². The molecule has 1 aromatic rings. The summed E-state index contributed by atoms with van der Waals surface area (Å²) in [6.45, 7) is 1.25. The maximum atomic E-state index is 11.6. The first-order valence-electron chi connectivity index (χ1n) is 6.74. The summed E-state index contributed by atoms with van der Waals surface area (Å²) in [4.78, 5) is 25.0. The van der Waals surface area contributed by atoms with Crippen molar-refractivity contribution in [3.63, 3.8) is 0 Å². The lowest BCUT2D eigenvalue weighted by Gasteiger charge is -2.15. The Morgan fingerprint density at radius 2 is 2.10 bits per heavy atom. The van der Waals surface area contributed by atoms with Crippen LogP contribution in [0.25, 0.3) is 0 Å². The summed E-state index contributed by atoms with van der Waals surface area (Å²) in [6, 6.07) is 7.56. The highest BCUT2D eigenvalue weighted by atomic mass is 32.2. The summed E-state index contributed by atoms with van der Waals surface area (Å²) in [5, 5.41) is 0. The molecule has 1 aliphatic rings. The lowest BCUT2D eigenvalue weighted by atomic mass is 10.1. The fourth-order valence-electron chi connectivity index (χ4n) is 2.17. The van der Waals surface area contributed by atoms with Crippen LogP contribution in [-0.2, 0) is 20.7 Å². The predicted octanol–water partition coefficient (Wildman–Crippen LogP) is 2.26. The Morgan fingerprint density at radius 1 is 1.35 bits per heavy atom. The molecule has 1 aromatic carbocycles. The van der Waals surface area contributed by atoms with E-state index in [0.717, 1.165) is 30.0 Å². The second-order valence-corrected chi connectivity index (χ2v) is 5.69. The zero-order chi connectivity index (χ0) is 14.4. The highest BCUT2D eigenvalue weighted by Gasteiger charge is 2.21. The fourth-order valence-corrected chi connectivity index (χ4v) is 2.42. The normalized spacial score (nSPS) is 14.7. The lowest BCUT2D eigenvalue weighted by Crippen LogP contribution is -2.23. The first-order chi connectivity index (χ1) is 9.70. The van der Waals surface area contributed by atoms with Crippen LogP contribution in [0.2, 0.25) is 0 Å². The van der Waals surface area contributed by atoms with Crippen LogP contribution in [0, 0.1) is 0 Å². The number of hydrogen-bond acceptors (Lipinski definition) is 4. The molecule has 0 N–H and O–H groups in total. The first kappa shape index (κ1) is 14.9. The summed E-state index contributed by atoms with van der Waals surface area (Å²) in [5.41, 5.74) is 1.82. The molecule has 1 amide bonds. The molecular formula is C15H19NO3S. The zero-order valence-corrected chi connectivity index (χ0v) is 12.4. The van der Waals surface area contributed by atoms with Gasteiger partial charge in [0, 0.05) is 24.4 Å². The average molecular weight is 293 g/mol. The first-order valence-corrected chi connectivity index (χ1v) is 8.14. The van der Waals surface area contributed by atoms with Crippen LogP contribution >= 0.6 is 11.8 Å². The minimum atomic E-state index is -0.205. The van der Waals surface area contributed by atoms with Gasteiger partial charge in [-0.2, -0.15) is 11.8 Å². The van der Waals surface area contributed by atoms with Gasteiger partial charge < -0.3 is 9.64 Å². The van der Waals surface area contributed by atoms with Gasteiger partial charge in [0.15, 0.2) is 0 Å². The Kier molecular flexibility index (Phi) is 5.47. The highest BCUT2D eigenvalue weighted by Crippen LogP contribution is 2.21. The van der Waals surface area contributed by atoms with Crippen molar-refractivity contribution in [2.45, 2.75) is 19.3 Å². The number of ether oxygens (including phenoxy) is 1. The standard InChI is InChI=1S/C15H19NO3S/c1-20-10-9-19-15(18)11-12-4-6-13(7-5-12)16-8-2-3-14(16)17/h4-7H,2-3,8-11H2,1H3. The van der Waals surface area contributed by atoms with Gasteiger partial charge in [-0.3, -0.25) is 9.59 Å². The molecule has 0 bridgehead atoms. The van der Waals surface area contributed by atoms with Crippen LogP contribution < -0.4 is 4.90 Å². The van der Waals surface area contributed by atoms with Crippen molar-refractivity contribution in [2.24, 2.45) is 0 Å². The molecule has 0 atom stereocenters. The Balaban J connectivity index is 1.88. The number of amides is 1. The van der Waals surface area contributed by atoms with Crippen LogP contribution in [-0.4, -0.2) is 37.0 Å². The van der Waals surface area contributed by atoms with Gasteiger partial charge in [-0.05, 0) is 30.4 Å². The zero-order valence-electron chi connectivity index (χ0n) is 11.6. The minimum absolute atomic E-state index is 0.175. The van der Waals surface area contributed by atoms with Gasteiger partial charge in [-0.1, -0.05) is 12.1 Å². The fraction of sp³-hybridized carbons (Fsp3) is 0.467. The number of rotatable bonds is 6. The van der Waals surface area contributed by atoms with Crippen molar-refractivity contribution < 1.29 is 14.3 Å². The van der Waals surface area contributed by atoms with Gasteiger partial charge in [-0.25, -0.2) is 0 Å². The third-order valence-corrected chi connectivity index (χ3v) is 3.80. The molecule has 5 heteroatoms. The topological polar surface area (TPSA) is 46.6 Å². The Bertz CT molecular complexity index is 473. The van der Waals surface area contributed by atoms with Crippen molar-refractivity contribution >= 4 is 29.3 Å². The Morgan fingerprint density at radius 3 is 2.70 bits per heavy atom. The van der Waals surface area contributed by atoms with E-state index in [4.69, 9.17) is 4.74 Å². The largest absolute Gasteiger partial charge is 0.465 e. The van der Waals surface area contributed by atoms with E-state index in [9.17, 15) is 9.59 Å². The predicted molar refractivity (Wildman–Crippen MR) is 81.1 cm³/mol. The van der Waals surface area contributed by atoms with Crippen LogP contribution in [0.15, 0.2) is 24.3 Å². The van der Waals surface area contributed by atoms with E-state index in [1.54, 1.807) is 16.7 Å². The molecule has 0 unspecified atom stereocenters. The average Bonchev–Trinajstić information content (AvgIpc) is 2.86. The van der Waals surface area contributed by atoms with E-state index in [-0.39, 0.29) is 18.3 Å². The molecular weight excluding hydrogens is 274 g/mol. The summed E-state index contributed by atoms with van der Waals surface area (Å²) in [5.74, 6) is 0.792. The van der Waals surface area contributed by atoms with E-state index in [1.165, 1.54) is 0 Å². The van der Waals surface area contributed by atoms with Gasteiger partial charge in [0.05, 0.1) is 6.42 Å². The van der Waals surface area contributed by atoms with E-state index >= 15 is 0 Å². The summed E-state index contributed by atoms with van der Waals surface area (Å²) < 4.78 is 5.11. The maximum absolute atomic E-state index is 11.6. The number of thioether (sulfide) groups is 1. The van der Waals surface area contributed by atoms with Crippen molar-refractivity contribution in [2.75, 3.05) is 30.1 Å². The molecule has 0 aliphatic carbocycles. The quantitative estimate of drug-likeness (QED) is 0.596. The summed E-state index contributed by atoms with van der Waals surface area (Å²) in [7, 11) is 0. The number of carbonyl (C=O) groups excluding carboxylic acids is 2. The van der Waals surface area contributed by atoms with Crippen LogP contribution in [0.1, 0.15) is 18.4 Å². The van der Waals surface area contributed by atoms with E-state index < -0.39 is 0 Å². The molecule has 0 saturated carbocycles. The van der Waals surface area contributed by atoms with Crippen molar-refractivity contribution in [1.29, 1.82) is 0 Å². The van der Waals surface area contributed by atoms with Crippen molar-refractivity contribution in [3.05, 3.63) is 29.8 Å². The van der Waals surface area contributed by atoms with Gasteiger partial charge in [0.2, 0.25) is 5.91 Å². The summed E-state index contributed by atoms with van der Waals surface area (Å²) >= 11 is 1.65. The van der Waals surface area contributed by atoms with Gasteiger partial charge in [-0.15, -0.1) is 0 Å². The molecule has 0 radical (unpaired) electrons. The van der Waals surface area contributed by atoms with Gasteiger partial charge in [0.1, 0.15) is 6.61 Å². The molecule has 1 heterocycles. The molecule has 0 spiro atoms. The van der Waals surface area contributed by atoms with Crippen molar-refractivity contribution in [3.8, 4) is 0 Å². The number of nitrogens with zero attached hydrogens (tertiary/aromatic N) is 1. The molecule has 4 nitrogen and oxygen atoms in total. The molecule has 1 fully saturated rings. The smallest absolute Gasteiger partial charge is 0.310 e. The molecule has 108 valence electrons. The second-order valence-electron chi connectivity index (χ2n) is 4.71. The lowest BCUT2D eigenvalue weighted by molar-refractivity contribution is -0.142. The summed E-state index contributed by atoms with van der Waals surface area (Å²) in [6.07, 6.45) is 3.81. The SMILES string of the molecule is CSCCOC(=O)Cc1ccc(N2CCCC2=O)cc1. The molecule has 1 aliphatic heterocycles. The molecule has 2 rings (SSSR count). The number of benzene rings is 1. The second kappa shape index (κ2) is 7.33. The van der Waals surface area contributed by atoms with Crippen LogP contribution in [0.4, 0.5) is 5.69 Å². The minimum Gasteiger partial charge on any atom is -0.465 e. The monoisotopic (exact) mass is 293 g/mol. The number of anilines is 1. The highest BCUT2D eigenvalue weighted by molar-refractivity contribution is 7.98. The van der Waals surface area contributed by atoms with E-state index in [2.05, 4.69) is 0 Å². The van der Waals surface area contributed by atoms with Crippen LogP contribution in [0.5, 0.6) is 0 Å². The van der Waals surface area contributed by atoms with Crippen molar-refractivity contribution in [1.82, 2.24) is 0 Å². The third-order valence-electron chi connectivity index (χ3n) is 3.22. The number of hydrogen-bond donors (Lipinski definition) is 0. The number of carbonyl (C=O) groups is 2.